The maximum atomic E-state index is 15.1. The van der Waals surface area contributed by atoms with Crippen molar-refractivity contribution in [2.24, 2.45) is 0 Å². The van der Waals surface area contributed by atoms with E-state index in [1.54, 1.807) is 6.92 Å². The number of nitrogens with zero attached hydrogens (tertiary/aromatic N) is 2. The van der Waals surface area contributed by atoms with Crippen molar-refractivity contribution in [3.63, 3.8) is 0 Å². The highest BCUT2D eigenvalue weighted by Crippen LogP contribution is 2.40. The molecule has 0 amide bonds. The number of halogens is 3. The monoisotopic (exact) mass is 536 g/mol. The molecule has 1 aromatic heterocycles. The summed E-state index contributed by atoms with van der Waals surface area (Å²) in [4.78, 5) is 7.61. The van der Waals surface area contributed by atoms with Gasteiger partial charge < -0.3 is 20.3 Å². The molecule has 2 aromatic carbocycles. The van der Waals surface area contributed by atoms with Gasteiger partial charge in [0, 0.05) is 29.0 Å². The normalized spacial score (nSPS) is 15.3. The minimum Gasteiger partial charge on any atom is -0.489 e. The molecule has 0 radical (unpaired) electrons. The Morgan fingerprint density at radius 1 is 1.25 bits per heavy atom. The van der Waals surface area contributed by atoms with Crippen LogP contribution in [-0.2, 0) is 10.0 Å². The second kappa shape index (κ2) is 10.2. The molecule has 0 aliphatic carbocycles. The summed E-state index contributed by atoms with van der Waals surface area (Å²) in [6.45, 7) is 1.43. The number of sulfonamides is 1. The molecule has 0 bridgehead atoms. The predicted molar refractivity (Wildman–Crippen MR) is 127 cm³/mol. The van der Waals surface area contributed by atoms with Crippen LogP contribution in [0.25, 0.3) is 0 Å². The van der Waals surface area contributed by atoms with Crippen molar-refractivity contribution >= 4 is 33.3 Å². The highest BCUT2D eigenvalue weighted by Gasteiger charge is 2.31. The van der Waals surface area contributed by atoms with Gasteiger partial charge in [-0.25, -0.2) is 27.2 Å². The average Bonchev–Trinajstić information content (AvgIpc) is 3.21. The zero-order chi connectivity index (χ0) is 26.0. The molecular formula is C23H19ClF2N4O5S. The Kier molecular flexibility index (Phi) is 7.28. The van der Waals surface area contributed by atoms with Crippen LogP contribution in [0, 0.1) is 23.5 Å². The summed E-state index contributed by atoms with van der Waals surface area (Å²) in [6.07, 6.45) is 1.58. The second-order valence-corrected chi connectivity index (χ2v) is 9.90. The number of benzene rings is 2. The fraction of sp³-hybridized carbons (Fsp3) is 0.217. The van der Waals surface area contributed by atoms with Gasteiger partial charge in [-0.3, -0.25) is 4.72 Å². The van der Waals surface area contributed by atoms with Crippen molar-refractivity contribution in [1.29, 1.82) is 0 Å². The van der Waals surface area contributed by atoms with Gasteiger partial charge in [0.25, 0.3) is 10.0 Å². The Labute approximate surface area is 210 Å². The first-order valence-electron chi connectivity index (χ1n) is 10.5. The van der Waals surface area contributed by atoms with Crippen LogP contribution in [-0.4, -0.2) is 47.9 Å². The first kappa shape index (κ1) is 25.6. The molecule has 2 atom stereocenters. The molecule has 1 aliphatic heterocycles. The summed E-state index contributed by atoms with van der Waals surface area (Å²) >= 11 is 6.00. The van der Waals surface area contributed by atoms with Crippen LogP contribution in [0.1, 0.15) is 29.7 Å². The van der Waals surface area contributed by atoms with Gasteiger partial charge in [-0.15, -0.1) is 0 Å². The SMILES string of the molecule is CC(CO)Nc1ncc(C#Cc2c(F)ccc(NS(=O)(=O)c3cc(Cl)cc4c3OCC4O)c2F)cn1. The van der Waals surface area contributed by atoms with Gasteiger partial charge >= 0.3 is 0 Å². The van der Waals surface area contributed by atoms with E-state index >= 15 is 4.39 Å². The van der Waals surface area contributed by atoms with Crippen LogP contribution >= 0.6 is 11.6 Å². The zero-order valence-corrected chi connectivity index (χ0v) is 20.2. The minimum absolute atomic E-state index is 0.0269. The number of aliphatic hydroxyl groups excluding tert-OH is 2. The minimum atomic E-state index is -4.45. The van der Waals surface area contributed by atoms with Crippen LogP contribution in [0.15, 0.2) is 41.6 Å². The zero-order valence-electron chi connectivity index (χ0n) is 18.6. The maximum absolute atomic E-state index is 15.1. The molecule has 9 nitrogen and oxygen atoms in total. The lowest BCUT2D eigenvalue weighted by molar-refractivity contribution is 0.140. The van der Waals surface area contributed by atoms with Crippen molar-refractivity contribution in [2.45, 2.75) is 24.0 Å². The van der Waals surface area contributed by atoms with E-state index in [0.717, 1.165) is 18.2 Å². The van der Waals surface area contributed by atoms with Crippen LogP contribution < -0.4 is 14.8 Å². The summed E-state index contributed by atoms with van der Waals surface area (Å²) < 4.78 is 62.8. The van der Waals surface area contributed by atoms with E-state index in [2.05, 4.69) is 31.8 Å². The molecule has 3 aromatic rings. The van der Waals surface area contributed by atoms with Gasteiger partial charge in [-0.05, 0) is 31.2 Å². The van der Waals surface area contributed by atoms with E-state index < -0.39 is 43.9 Å². The molecule has 13 heteroatoms. The Morgan fingerprint density at radius 2 is 1.97 bits per heavy atom. The third-order valence-electron chi connectivity index (χ3n) is 5.05. The Bertz CT molecular complexity index is 1480. The molecule has 1 aliphatic rings. The quantitative estimate of drug-likeness (QED) is 0.353. The lowest BCUT2D eigenvalue weighted by Gasteiger charge is -2.13. The number of nitrogens with one attached hydrogen (secondary N) is 2. The van der Waals surface area contributed by atoms with E-state index in [4.69, 9.17) is 21.4 Å². The molecule has 2 unspecified atom stereocenters. The summed E-state index contributed by atoms with van der Waals surface area (Å²) in [5.41, 5.74) is -0.800. The second-order valence-electron chi connectivity index (χ2n) is 7.81. The van der Waals surface area contributed by atoms with Gasteiger partial charge in [0.15, 0.2) is 5.82 Å². The fourth-order valence-electron chi connectivity index (χ4n) is 3.26. The molecule has 0 saturated heterocycles. The van der Waals surface area contributed by atoms with E-state index in [9.17, 15) is 17.9 Å². The lowest BCUT2D eigenvalue weighted by atomic mass is 10.1. The summed E-state index contributed by atoms with van der Waals surface area (Å²) in [6, 6.07) is 3.98. The van der Waals surface area contributed by atoms with Crippen molar-refractivity contribution in [2.75, 3.05) is 23.3 Å². The first-order valence-corrected chi connectivity index (χ1v) is 12.3. The molecule has 4 N–H and O–H groups in total. The Balaban J connectivity index is 1.62. The summed E-state index contributed by atoms with van der Waals surface area (Å²) in [5, 5.41) is 21.9. The van der Waals surface area contributed by atoms with E-state index in [-0.39, 0.29) is 47.1 Å². The van der Waals surface area contributed by atoms with Crippen LogP contribution in [0.5, 0.6) is 5.75 Å². The molecule has 36 heavy (non-hydrogen) atoms. The highest BCUT2D eigenvalue weighted by molar-refractivity contribution is 7.92. The lowest BCUT2D eigenvalue weighted by Crippen LogP contribution is -2.20. The number of hydrogen-bond donors (Lipinski definition) is 4. The largest absolute Gasteiger partial charge is 0.489 e. The van der Waals surface area contributed by atoms with E-state index in [1.165, 1.54) is 18.5 Å². The van der Waals surface area contributed by atoms with Gasteiger partial charge in [-0.1, -0.05) is 23.4 Å². The van der Waals surface area contributed by atoms with Crippen molar-refractivity contribution in [1.82, 2.24) is 9.97 Å². The molecule has 0 saturated carbocycles. The van der Waals surface area contributed by atoms with E-state index in [0.29, 0.717) is 0 Å². The molecule has 0 spiro atoms. The topological polar surface area (TPSA) is 134 Å². The average molecular weight is 537 g/mol. The molecule has 4 rings (SSSR count). The first-order chi connectivity index (χ1) is 17.1. The van der Waals surface area contributed by atoms with Gasteiger partial charge in [0.1, 0.15) is 29.2 Å². The Morgan fingerprint density at radius 3 is 2.67 bits per heavy atom. The smallest absolute Gasteiger partial charge is 0.265 e. The van der Waals surface area contributed by atoms with Gasteiger partial charge in [-0.2, -0.15) is 0 Å². The summed E-state index contributed by atoms with van der Waals surface area (Å²) in [7, 11) is -4.45. The number of hydrogen-bond acceptors (Lipinski definition) is 8. The third-order valence-corrected chi connectivity index (χ3v) is 6.64. The van der Waals surface area contributed by atoms with E-state index in [1.807, 2.05) is 0 Å². The molecular weight excluding hydrogens is 518 g/mol. The fourth-order valence-corrected chi connectivity index (χ4v) is 4.81. The standard InChI is InChI=1S/C23H19ClF2N4O5S/c1-12(10-31)29-23-27-8-13(9-28-23)2-3-15-17(25)4-5-18(21(15)26)30-36(33,34)20-7-14(24)6-16-19(32)11-35-22(16)20/h4-9,12,19,30-32H,10-11H2,1H3,(H,27,28,29). The number of anilines is 2. The highest BCUT2D eigenvalue weighted by atomic mass is 35.5. The van der Waals surface area contributed by atoms with Crippen LogP contribution in [0.4, 0.5) is 20.4 Å². The molecule has 188 valence electrons. The van der Waals surface area contributed by atoms with Crippen LogP contribution in [0.2, 0.25) is 5.02 Å². The number of fused-ring (bicyclic) bond motifs is 1. The van der Waals surface area contributed by atoms with Gasteiger partial charge in [0.2, 0.25) is 5.95 Å². The van der Waals surface area contributed by atoms with Crippen LogP contribution in [0.3, 0.4) is 0 Å². The number of aliphatic hydroxyl groups is 2. The van der Waals surface area contributed by atoms with Gasteiger partial charge in [0.05, 0.1) is 23.4 Å². The maximum Gasteiger partial charge on any atom is 0.265 e. The third kappa shape index (κ3) is 5.34. The number of ether oxygens (including phenoxy) is 1. The van der Waals surface area contributed by atoms with Crippen molar-refractivity contribution in [3.8, 4) is 17.6 Å². The Hall–Kier alpha value is -3.50. The number of aromatic nitrogens is 2. The number of rotatable bonds is 6. The summed E-state index contributed by atoms with van der Waals surface area (Å²) in [5.74, 6) is 2.76. The van der Waals surface area contributed by atoms with Crippen molar-refractivity contribution in [3.05, 3.63) is 70.0 Å². The molecule has 0 fully saturated rings. The van der Waals surface area contributed by atoms with Crippen molar-refractivity contribution < 1.29 is 32.1 Å². The molecule has 2 heterocycles. The predicted octanol–water partition coefficient (Wildman–Crippen LogP) is 2.83.